The number of hydrogen-bond donors (Lipinski definition) is 1. The Balaban J connectivity index is 1.84. The van der Waals surface area contributed by atoms with E-state index in [1.54, 1.807) is 29.3 Å². The van der Waals surface area contributed by atoms with Crippen LogP contribution in [-0.2, 0) is 13.0 Å². The van der Waals surface area contributed by atoms with Crippen molar-refractivity contribution >= 4 is 17.5 Å². The third-order valence-electron chi connectivity index (χ3n) is 3.70. The molecule has 0 aliphatic rings. The topological polar surface area (TPSA) is 59.8 Å². The van der Waals surface area contributed by atoms with Crippen LogP contribution in [0.25, 0.3) is 5.69 Å². The first-order valence-electron chi connectivity index (χ1n) is 7.69. The van der Waals surface area contributed by atoms with Crippen LogP contribution in [0.5, 0.6) is 0 Å². The van der Waals surface area contributed by atoms with Crippen molar-refractivity contribution in [1.82, 2.24) is 20.1 Å². The van der Waals surface area contributed by atoms with Gasteiger partial charge in [-0.1, -0.05) is 36.7 Å². The smallest absolute Gasteiger partial charge is 0.255 e. The number of carbonyl (C=O) groups excluding carboxylic acids is 1. The summed E-state index contributed by atoms with van der Waals surface area (Å²) in [5.74, 6) is -0.158. The average molecular weight is 341 g/mol. The van der Waals surface area contributed by atoms with Crippen LogP contribution in [0.1, 0.15) is 28.5 Å². The zero-order chi connectivity index (χ0) is 16.9. The van der Waals surface area contributed by atoms with Gasteiger partial charge in [-0.3, -0.25) is 9.78 Å². The molecule has 1 amide bonds. The van der Waals surface area contributed by atoms with Gasteiger partial charge in [0.25, 0.3) is 5.91 Å². The summed E-state index contributed by atoms with van der Waals surface area (Å²) in [5, 5.41) is 7.85. The Labute approximate surface area is 145 Å². The molecular weight excluding hydrogens is 324 g/mol. The Morgan fingerprint density at radius 3 is 2.75 bits per heavy atom. The minimum atomic E-state index is -0.158. The second-order valence-electron chi connectivity index (χ2n) is 5.27. The van der Waals surface area contributed by atoms with Gasteiger partial charge in [0.1, 0.15) is 0 Å². The van der Waals surface area contributed by atoms with Crippen LogP contribution in [0.15, 0.2) is 55.0 Å². The van der Waals surface area contributed by atoms with Gasteiger partial charge in [0.05, 0.1) is 28.2 Å². The van der Waals surface area contributed by atoms with Crippen LogP contribution in [0, 0.1) is 0 Å². The van der Waals surface area contributed by atoms with E-state index in [9.17, 15) is 4.79 Å². The monoisotopic (exact) mass is 340 g/mol. The molecule has 3 aromatic rings. The van der Waals surface area contributed by atoms with Crippen molar-refractivity contribution in [3.05, 3.63) is 76.8 Å². The number of rotatable bonds is 5. The predicted molar refractivity (Wildman–Crippen MR) is 93.4 cm³/mol. The normalized spacial score (nSPS) is 10.6. The first-order chi connectivity index (χ1) is 11.7. The number of halogens is 1. The number of amides is 1. The van der Waals surface area contributed by atoms with Gasteiger partial charge in [-0.15, -0.1) is 0 Å². The summed E-state index contributed by atoms with van der Waals surface area (Å²) in [6.07, 6.45) is 5.68. The molecule has 1 N–H and O–H groups in total. The second-order valence-corrected chi connectivity index (χ2v) is 5.67. The van der Waals surface area contributed by atoms with Gasteiger partial charge < -0.3 is 5.32 Å². The zero-order valence-corrected chi connectivity index (χ0v) is 14.0. The number of para-hydroxylation sites is 1. The molecule has 0 atom stereocenters. The number of pyridine rings is 1. The summed E-state index contributed by atoms with van der Waals surface area (Å²) in [5.41, 5.74) is 3.10. The molecule has 24 heavy (non-hydrogen) atoms. The molecule has 0 fully saturated rings. The van der Waals surface area contributed by atoms with E-state index < -0.39 is 0 Å². The minimum Gasteiger partial charge on any atom is -0.348 e. The fourth-order valence-corrected chi connectivity index (χ4v) is 2.73. The van der Waals surface area contributed by atoms with Crippen LogP contribution in [0.3, 0.4) is 0 Å². The SMILES string of the molecule is CCc1c(C(=O)NCc2cccnc2)cnn1-c1ccccc1Cl. The van der Waals surface area contributed by atoms with Crippen LogP contribution >= 0.6 is 11.6 Å². The highest BCUT2D eigenvalue weighted by atomic mass is 35.5. The average Bonchev–Trinajstić information content (AvgIpc) is 3.05. The molecule has 0 bridgehead atoms. The molecule has 0 aliphatic carbocycles. The van der Waals surface area contributed by atoms with E-state index in [-0.39, 0.29) is 5.91 Å². The number of nitrogens with zero attached hydrogens (tertiary/aromatic N) is 3. The lowest BCUT2D eigenvalue weighted by Crippen LogP contribution is -2.23. The third-order valence-corrected chi connectivity index (χ3v) is 4.02. The van der Waals surface area contributed by atoms with Crippen molar-refractivity contribution in [3.8, 4) is 5.69 Å². The molecule has 1 aromatic carbocycles. The molecule has 0 radical (unpaired) electrons. The maximum atomic E-state index is 12.5. The molecule has 0 unspecified atom stereocenters. The molecule has 2 aromatic heterocycles. The number of nitrogens with one attached hydrogen (secondary N) is 1. The summed E-state index contributed by atoms with van der Waals surface area (Å²) in [4.78, 5) is 16.5. The zero-order valence-electron chi connectivity index (χ0n) is 13.2. The molecule has 0 aliphatic heterocycles. The molecule has 0 spiro atoms. The summed E-state index contributed by atoms with van der Waals surface area (Å²) in [6, 6.07) is 11.2. The Bertz CT molecular complexity index is 845. The summed E-state index contributed by atoms with van der Waals surface area (Å²) < 4.78 is 1.72. The fourth-order valence-electron chi connectivity index (χ4n) is 2.52. The van der Waals surface area contributed by atoms with Crippen LogP contribution in [0.2, 0.25) is 5.02 Å². The summed E-state index contributed by atoms with van der Waals surface area (Å²) in [6.45, 7) is 2.41. The Hall–Kier alpha value is -2.66. The number of aromatic nitrogens is 3. The van der Waals surface area contributed by atoms with Crippen LogP contribution in [-0.4, -0.2) is 20.7 Å². The van der Waals surface area contributed by atoms with E-state index >= 15 is 0 Å². The van der Waals surface area contributed by atoms with Gasteiger partial charge in [0.15, 0.2) is 0 Å². The predicted octanol–water partition coefficient (Wildman–Crippen LogP) is 3.41. The van der Waals surface area contributed by atoms with Crippen molar-refractivity contribution < 1.29 is 4.79 Å². The molecule has 5 nitrogen and oxygen atoms in total. The number of carbonyl (C=O) groups is 1. The van der Waals surface area contributed by atoms with Crippen molar-refractivity contribution in [2.45, 2.75) is 19.9 Å². The maximum Gasteiger partial charge on any atom is 0.255 e. The number of hydrogen-bond acceptors (Lipinski definition) is 3. The van der Waals surface area contributed by atoms with E-state index in [0.29, 0.717) is 23.6 Å². The summed E-state index contributed by atoms with van der Waals surface area (Å²) in [7, 11) is 0. The Morgan fingerprint density at radius 2 is 2.04 bits per heavy atom. The molecule has 3 rings (SSSR count). The molecular formula is C18H17ClN4O. The van der Waals surface area contributed by atoms with Gasteiger partial charge in [0, 0.05) is 18.9 Å². The Kier molecular flexibility index (Phi) is 4.91. The molecule has 122 valence electrons. The van der Waals surface area contributed by atoms with Crippen molar-refractivity contribution in [3.63, 3.8) is 0 Å². The second kappa shape index (κ2) is 7.27. The van der Waals surface area contributed by atoms with E-state index in [1.165, 1.54) is 0 Å². The first-order valence-corrected chi connectivity index (χ1v) is 8.07. The molecule has 2 heterocycles. The highest BCUT2D eigenvalue weighted by molar-refractivity contribution is 6.32. The number of benzene rings is 1. The lowest BCUT2D eigenvalue weighted by molar-refractivity contribution is 0.0950. The van der Waals surface area contributed by atoms with Gasteiger partial charge in [-0.2, -0.15) is 5.10 Å². The molecule has 0 saturated carbocycles. The van der Waals surface area contributed by atoms with Crippen molar-refractivity contribution in [2.24, 2.45) is 0 Å². The lowest BCUT2D eigenvalue weighted by Gasteiger charge is -2.10. The molecule has 0 saturated heterocycles. The minimum absolute atomic E-state index is 0.158. The maximum absolute atomic E-state index is 12.5. The highest BCUT2D eigenvalue weighted by Gasteiger charge is 2.18. The van der Waals surface area contributed by atoms with Crippen molar-refractivity contribution in [2.75, 3.05) is 0 Å². The quantitative estimate of drug-likeness (QED) is 0.774. The van der Waals surface area contributed by atoms with E-state index in [1.807, 2.05) is 37.3 Å². The van der Waals surface area contributed by atoms with E-state index in [2.05, 4.69) is 15.4 Å². The molecule has 6 heteroatoms. The first kappa shape index (κ1) is 16.2. The van der Waals surface area contributed by atoms with Crippen LogP contribution in [0.4, 0.5) is 0 Å². The summed E-state index contributed by atoms with van der Waals surface area (Å²) >= 11 is 6.25. The lowest BCUT2D eigenvalue weighted by atomic mass is 10.2. The van der Waals surface area contributed by atoms with E-state index in [0.717, 1.165) is 16.9 Å². The Morgan fingerprint density at radius 1 is 1.21 bits per heavy atom. The van der Waals surface area contributed by atoms with Crippen LogP contribution < -0.4 is 5.32 Å². The third kappa shape index (κ3) is 3.31. The van der Waals surface area contributed by atoms with Gasteiger partial charge in [0.2, 0.25) is 0 Å². The standard InChI is InChI=1S/C18H17ClN4O/c1-2-16-14(18(24)21-11-13-6-5-9-20-10-13)12-22-23(16)17-8-4-3-7-15(17)19/h3-10,12H,2,11H2,1H3,(H,21,24). The van der Waals surface area contributed by atoms with Gasteiger partial charge >= 0.3 is 0 Å². The fraction of sp³-hybridized carbons (Fsp3) is 0.167. The van der Waals surface area contributed by atoms with Gasteiger partial charge in [-0.05, 0) is 30.2 Å². The van der Waals surface area contributed by atoms with Gasteiger partial charge in [-0.25, -0.2) is 4.68 Å². The van der Waals surface area contributed by atoms with Crippen molar-refractivity contribution in [1.29, 1.82) is 0 Å². The largest absolute Gasteiger partial charge is 0.348 e. The highest BCUT2D eigenvalue weighted by Crippen LogP contribution is 2.22. The van der Waals surface area contributed by atoms with E-state index in [4.69, 9.17) is 11.6 Å².